The summed E-state index contributed by atoms with van der Waals surface area (Å²) in [5.41, 5.74) is 2.43. The lowest BCUT2D eigenvalue weighted by Gasteiger charge is -2.29. The van der Waals surface area contributed by atoms with Crippen LogP contribution in [0.1, 0.15) is 56.2 Å². The second-order valence-corrected chi connectivity index (χ2v) is 7.36. The quantitative estimate of drug-likeness (QED) is 0.741. The predicted molar refractivity (Wildman–Crippen MR) is 97.4 cm³/mol. The first-order valence-electron chi connectivity index (χ1n) is 9.71. The zero-order valence-corrected chi connectivity index (χ0v) is 15.3. The topological polar surface area (TPSA) is 47.4 Å². The minimum atomic E-state index is -0.214. The Morgan fingerprint density at radius 1 is 1.35 bits per heavy atom. The fourth-order valence-electron chi connectivity index (χ4n) is 3.87. The summed E-state index contributed by atoms with van der Waals surface area (Å²) in [5, 5.41) is 0.602. The molecule has 0 aromatic carbocycles. The normalized spacial score (nSPS) is 17.4. The highest BCUT2D eigenvalue weighted by atomic mass is 19.1. The number of carbonyl (C=O) groups is 1. The smallest absolute Gasteiger partial charge is 0.225 e. The van der Waals surface area contributed by atoms with E-state index < -0.39 is 0 Å². The van der Waals surface area contributed by atoms with Crippen LogP contribution in [-0.2, 0) is 22.6 Å². The van der Waals surface area contributed by atoms with E-state index in [1.165, 1.54) is 19.3 Å². The molecule has 1 aliphatic heterocycles. The van der Waals surface area contributed by atoms with E-state index in [1.54, 1.807) is 4.90 Å². The maximum atomic E-state index is 15.0. The Labute approximate surface area is 153 Å². The molecule has 2 aromatic heterocycles. The Balaban J connectivity index is 1.52. The number of aromatic nitrogens is 2. The zero-order chi connectivity index (χ0) is 18.1. The molecule has 26 heavy (non-hydrogen) atoms. The number of fused-ring (bicyclic) bond motifs is 3. The second-order valence-electron chi connectivity index (χ2n) is 7.36. The van der Waals surface area contributed by atoms with Crippen molar-refractivity contribution in [2.24, 2.45) is 0 Å². The maximum Gasteiger partial charge on any atom is 0.225 e. The number of carbonyl (C=O) groups excluding carboxylic acids is 1. The van der Waals surface area contributed by atoms with Gasteiger partial charge in [0, 0.05) is 25.9 Å². The lowest BCUT2D eigenvalue weighted by atomic mass is 9.80. The first-order chi connectivity index (χ1) is 12.7. The van der Waals surface area contributed by atoms with E-state index in [4.69, 9.17) is 4.74 Å². The Bertz CT molecular complexity index is 813. The lowest BCUT2D eigenvalue weighted by Crippen LogP contribution is -2.38. The molecule has 0 spiro atoms. The van der Waals surface area contributed by atoms with Gasteiger partial charge in [-0.3, -0.25) is 4.79 Å². The van der Waals surface area contributed by atoms with Gasteiger partial charge in [-0.1, -0.05) is 13.3 Å². The largest absolute Gasteiger partial charge is 0.381 e. The Morgan fingerprint density at radius 3 is 2.92 bits per heavy atom. The van der Waals surface area contributed by atoms with Gasteiger partial charge in [-0.2, -0.15) is 0 Å². The SMILES string of the molecule is CCCOCCC(=O)N1CCn2c(c(F)c3cc(C4CCC4)cnc32)C1. The molecule has 0 atom stereocenters. The molecule has 2 aromatic rings. The van der Waals surface area contributed by atoms with E-state index in [0.717, 1.165) is 12.0 Å². The summed E-state index contributed by atoms with van der Waals surface area (Å²) in [5.74, 6) is 0.345. The van der Waals surface area contributed by atoms with Crippen LogP contribution in [0.25, 0.3) is 11.0 Å². The number of amides is 1. The first kappa shape index (κ1) is 17.5. The Kier molecular flexibility index (Phi) is 4.94. The summed E-state index contributed by atoms with van der Waals surface area (Å²) in [6, 6.07) is 1.97. The maximum absolute atomic E-state index is 15.0. The fraction of sp³-hybridized carbons (Fsp3) is 0.600. The molecular formula is C20H26FN3O2. The third-order valence-corrected chi connectivity index (χ3v) is 5.63. The molecule has 1 saturated carbocycles. The average Bonchev–Trinajstić information content (AvgIpc) is 2.89. The van der Waals surface area contributed by atoms with Gasteiger partial charge >= 0.3 is 0 Å². The highest BCUT2D eigenvalue weighted by Gasteiger charge is 2.28. The first-order valence-corrected chi connectivity index (χ1v) is 9.71. The molecule has 0 unspecified atom stereocenters. The molecule has 0 saturated heterocycles. The van der Waals surface area contributed by atoms with Gasteiger partial charge in [-0.25, -0.2) is 9.37 Å². The minimum absolute atomic E-state index is 0.0279. The number of ether oxygens (including phenoxy) is 1. The number of hydrogen-bond donors (Lipinski definition) is 0. The molecule has 0 radical (unpaired) electrons. The summed E-state index contributed by atoms with van der Waals surface area (Å²) in [7, 11) is 0. The van der Waals surface area contributed by atoms with E-state index in [2.05, 4.69) is 4.98 Å². The van der Waals surface area contributed by atoms with Gasteiger partial charge in [0.2, 0.25) is 5.91 Å². The van der Waals surface area contributed by atoms with Crippen molar-refractivity contribution in [3.8, 4) is 0 Å². The second kappa shape index (κ2) is 7.35. The number of halogens is 1. The van der Waals surface area contributed by atoms with Crippen LogP contribution in [0.15, 0.2) is 12.3 Å². The van der Waals surface area contributed by atoms with Crippen LogP contribution in [0.4, 0.5) is 4.39 Å². The van der Waals surface area contributed by atoms with Crippen molar-refractivity contribution < 1.29 is 13.9 Å². The van der Waals surface area contributed by atoms with Crippen LogP contribution < -0.4 is 0 Å². The van der Waals surface area contributed by atoms with Gasteiger partial charge in [0.15, 0.2) is 5.82 Å². The fourth-order valence-corrected chi connectivity index (χ4v) is 3.87. The zero-order valence-electron chi connectivity index (χ0n) is 15.3. The van der Waals surface area contributed by atoms with Gasteiger partial charge in [-0.05, 0) is 36.8 Å². The van der Waals surface area contributed by atoms with Crippen LogP contribution in [0.3, 0.4) is 0 Å². The monoisotopic (exact) mass is 359 g/mol. The molecular weight excluding hydrogens is 333 g/mol. The van der Waals surface area contributed by atoms with Gasteiger partial charge in [-0.15, -0.1) is 0 Å². The van der Waals surface area contributed by atoms with E-state index in [-0.39, 0.29) is 11.7 Å². The van der Waals surface area contributed by atoms with Crippen molar-refractivity contribution in [3.05, 3.63) is 29.3 Å². The van der Waals surface area contributed by atoms with Crippen molar-refractivity contribution in [3.63, 3.8) is 0 Å². The number of hydrogen-bond acceptors (Lipinski definition) is 3. The van der Waals surface area contributed by atoms with Crippen molar-refractivity contribution in [2.45, 2.75) is 58.0 Å². The summed E-state index contributed by atoms with van der Waals surface area (Å²) in [4.78, 5) is 18.7. The van der Waals surface area contributed by atoms with Crippen LogP contribution in [0, 0.1) is 5.82 Å². The molecule has 3 heterocycles. The number of nitrogens with zero attached hydrogens (tertiary/aromatic N) is 3. The van der Waals surface area contributed by atoms with Gasteiger partial charge in [0.25, 0.3) is 0 Å². The summed E-state index contributed by atoms with van der Waals surface area (Å²) in [6.07, 6.45) is 6.79. The van der Waals surface area contributed by atoms with Crippen molar-refractivity contribution in [1.29, 1.82) is 0 Å². The molecule has 6 heteroatoms. The third-order valence-electron chi connectivity index (χ3n) is 5.63. The Morgan fingerprint density at radius 2 is 2.19 bits per heavy atom. The number of pyridine rings is 1. The molecule has 0 bridgehead atoms. The lowest BCUT2D eigenvalue weighted by molar-refractivity contribution is -0.133. The summed E-state index contributed by atoms with van der Waals surface area (Å²) >= 11 is 0. The van der Waals surface area contributed by atoms with Gasteiger partial charge in [0.1, 0.15) is 5.65 Å². The molecule has 2 aliphatic rings. The van der Waals surface area contributed by atoms with Crippen LogP contribution in [-0.4, -0.2) is 40.1 Å². The van der Waals surface area contributed by atoms with Crippen LogP contribution >= 0.6 is 0 Å². The van der Waals surface area contributed by atoms with E-state index >= 15 is 4.39 Å². The molecule has 140 valence electrons. The van der Waals surface area contributed by atoms with Crippen LogP contribution in [0.2, 0.25) is 0 Å². The molecule has 1 aliphatic carbocycles. The standard InChI is InChI=1S/C20H26FN3O2/c1-2-9-26-10-6-18(25)23-7-8-24-17(13-23)19(21)16-11-15(12-22-20(16)24)14-4-3-5-14/h11-12,14H,2-10,13H2,1H3. The van der Waals surface area contributed by atoms with E-state index in [9.17, 15) is 4.79 Å². The highest BCUT2D eigenvalue weighted by molar-refractivity contribution is 5.81. The van der Waals surface area contributed by atoms with Gasteiger partial charge < -0.3 is 14.2 Å². The third kappa shape index (κ3) is 3.11. The van der Waals surface area contributed by atoms with Crippen molar-refractivity contribution in [1.82, 2.24) is 14.5 Å². The molecule has 1 fully saturated rings. The number of rotatable bonds is 6. The van der Waals surface area contributed by atoms with Crippen LogP contribution in [0.5, 0.6) is 0 Å². The van der Waals surface area contributed by atoms with Crippen molar-refractivity contribution in [2.75, 3.05) is 19.8 Å². The Hall–Kier alpha value is -1.95. The average molecular weight is 359 g/mol. The molecule has 5 nitrogen and oxygen atoms in total. The highest BCUT2D eigenvalue weighted by Crippen LogP contribution is 2.38. The van der Waals surface area contributed by atoms with E-state index in [1.807, 2.05) is 23.8 Å². The van der Waals surface area contributed by atoms with E-state index in [0.29, 0.717) is 61.9 Å². The minimum Gasteiger partial charge on any atom is -0.381 e. The predicted octanol–water partition coefficient (Wildman–Crippen LogP) is 3.60. The summed E-state index contributed by atoms with van der Waals surface area (Å²) in [6.45, 7) is 4.64. The van der Waals surface area contributed by atoms with Gasteiger partial charge in [0.05, 0.1) is 30.7 Å². The molecule has 4 rings (SSSR count). The molecule has 0 N–H and O–H groups in total. The summed E-state index contributed by atoms with van der Waals surface area (Å²) < 4.78 is 22.4. The molecule has 1 amide bonds. The van der Waals surface area contributed by atoms with Crippen molar-refractivity contribution >= 4 is 16.9 Å².